The number of halogens is 5. The Bertz CT molecular complexity index is 538. The Morgan fingerprint density at radius 2 is 1.35 bits per heavy atom. The van der Waals surface area contributed by atoms with Crippen LogP contribution in [0.4, 0.5) is 27.6 Å². The van der Waals surface area contributed by atoms with Gasteiger partial charge in [0.15, 0.2) is 23.3 Å². The summed E-state index contributed by atoms with van der Waals surface area (Å²) in [5.74, 6) is -10.5. The molecule has 1 aliphatic carbocycles. The molecule has 2 nitrogen and oxygen atoms in total. The van der Waals surface area contributed by atoms with Gasteiger partial charge >= 0.3 is 0 Å². The molecule has 0 bridgehead atoms. The molecule has 2 rings (SSSR count). The van der Waals surface area contributed by atoms with Gasteiger partial charge in [0, 0.05) is 6.04 Å². The van der Waals surface area contributed by atoms with Gasteiger partial charge in [-0.2, -0.15) is 5.26 Å². The number of rotatable bonds is 2. The van der Waals surface area contributed by atoms with Crippen molar-refractivity contribution in [3.8, 4) is 6.07 Å². The Balaban J connectivity index is 2.36. The Labute approximate surface area is 112 Å². The molecule has 7 heteroatoms. The molecule has 1 saturated carbocycles. The second kappa shape index (κ2) is 5.65. The molecule has 20 heavy (non-hydrogen) atoms. The van der Waals surface area contributed by atoms with Gasteiger partial charge in [-0.15, -0.1) is 0 Å². The highest BCUT2D eigenvalue weighted by Gasteiger charge is 2.30. The van der Waals surface area contributed by atoms with Gasteiger partial charge in [0.2, 0.25) is 5.82 Å². The monoisotopic (exact) mass is 290 g/mol. The lowest BCUT2D eigenvalue weighted by Crippen LogP contribution is -2.32. The van der Waals surface area contributed by atoms with Crippen molar-refractivity contribution < 1.29 is 22.0 Å². The van der Waals surface area contributed by atoms with Crippen molar-refractivity contribution in [1.82, 2.24) is 0 Å². The third kappa shape index (κ3) is 2.42. The number of anilines is 1. The van der Waals surface area contributed by atoms with Crippen LogP contribution < -0.4 is 5.32 Å². The molecular formula is C13H11F5N2. The van der Waals surface area contributed by atoms with Crippen LogP contribution in [0.25, 0.3) is 0 Å². The number of benzene rings is 1. The van der Waals surface area contributed by atoms with Gasteiger partial charge in [0.25, 0.3) is 0 Å². The fraction of sp³-hybridized carbons (Fsp3) is 0.462. The fourth-order valence-electron chi connectivity index (χ4n) is 2.38. The summed E-state index contributed by atoms with van der Waals surface area (Å²) in [5.41, 5.74) is -1.06. The molecule has 0 amide bonds. The maximum atomic E-state index is 13.5. The molecule has 2 atom stereocenters. The standard InChI is InChI=1S/C13H11F5N2/c14-8-9(15)11(17)13(12(18)10(8)16)20-7-4-2-1-3-6(7)5-19/h6-7,20H,1-4H2. The van der Waals surface area contributed by atoms with E-state index in [1.807, 2.05) is 6.07 Å². The summed E-state index contributed by atoms with van der Waals surface area (Å²) < 4.78 is 66.1. The van der Waals surface area contributed by atoms with Crippen molar-refractivity contribution in [2.45, 2.75) is 31.7 Å². The van der Waals surface area contributed by atoms with Crippen molar-refractivity contribution in [3.05, 3.63) is 29.1 Å². The van der Waals surface area contributed by atoms with Gasteiger partial charge in [0.05, 0.1) is 12.0 Å². The first-order chi connectivity index (χ1) is 9.47. The normalized spacial score (nSPS) is 22.4. The average Bonchev–Trinajstić information content (AvgIpc) is 2.48. The van der Waals surface area contributed by atoms with E-state index in [2.05, 4.69) is 5.32 Å². The molecule has 0 heterocycles. The quantitative estimate of drug-likeness (QED) is 0.510. The average molecular weight is 290 g/mol. The number of nitrogens with zero attached hydrogens (tertiary/aromatic N) is 1. The smallest absolute Gasteiger partial charge is 0.200 e. The van der Waals surface area contributed by atoms with E-state index in [9.17, 15) is 22.0 Å². The Morgan fingerprint density at radius 3 is 1.90 bits per heavy atom. The van der Waals surface area contributed by atoms with E-state index in [4.69, 9.17) is 5.26 Å². The highest BCUT2D eigenvalue weighted by atomic mass is 19.2. The molecule has 0 radical (unpaired) electrons. The maximum Gasteiger partial charge on any atom is 0.200 e. The molecule has 108 valence electrons. The van der Waals surface area contributed by atoms with Crippen molar-refractivity contribution in [3.63, 3.8) is 0 Å². The van der Waals surface area contributed by atoms with Crippen molar-refractivity contribution in [2.75, 3.05) is 5.32 Å². The third-order valence-electron chi connectivity index (χ3n) is 3.47. The summed E-state index contributed by atoms with van der Waals surface area (Å²) in [5, 5.41) is 11.3. The molecule has 0 aromatic heterocycles. The van der Waals surface area contributed by atoms with Gasteiger partial charge in [-0.3, -0.25) is 0 Å². The summed E-state index contributed by atoms with van der Waals surface area (Å²) >= 11 is 0. The van der Waals surface area contributed by atoms with Crippen molar-refractivity contribution in [2.24, 2.45) is 5.92 Å². The highest BCUT2D eigenvalue weighted by Crippen LogP contribution is 2.32. The Hall–Kier alpha value is -1.84. The van der Waals surface area contributed by atoms with Crippen LogP contribution in [0.5, 0.6) is 0 Å². The molecule has 2 unspecified atom stereocenters. The predicted molar refractivity (Wildman–Crippen MR) is 61.2 cm³/mol. The van der Waals surface area contributed by atoms with E-state index in [0.717, 1.165) is 12.8 Å². The van der Waals surface area contributed by atoms with E-state index >= 15 is 0 Å². The largest absolute Gasteiger partial charge is 0.376 e. The molecule has 1 aromatic rings. The van der Waals surface area contributed by atoms with Crippen LogP contribution in [-0.2, 0) is 0 Å². The lowest BCUT2D eigenvalue weighted by Gasteiger charge is -2.28. The van der Waals surface area contributed by atoms with Crippen LogP contribution in [-0.4, -0.2) is 6.04 Å². The Morgan fingerprint density at radius 1 is 0.850 bits per heavy atom. The maximum absolute atomic E-state index is 13.5. The van der Waals surface area contributed by atoms with Gasteiger partial charge in [-0.25, -0.2) is 22.0 Å². The molecule has 1 aromatic carbocycles. The number of nitriles is 1. The van der Waals surface area contributed by atoms with Crippen molar-refractivity contribution >= 4 is 5.69 Å². The molecular weight excluding hydrogens is 279 g/mol. The van der Waals surface area contributed by atoms with Crippen LogP contribution in [0.1, 0.15) is 25.7 Å². The topological polar surface area (TPSA) is 35.8 Å². The summed E-state index contributed by atoms with van der Waals surface area (Å²) in [6, 6.07) is 1.36. The van der Waals surface area contributed by atoms with Crippen LogP contribution in [0.3, 0.4) is 0 Å². The van der Waals surface area contributed by atoms with E-state index < -0.39 is 46.7 Å². The zero-order valence-corrected chi connectivity index (χ0v) is 10.3. The highest BCUT2D eigenvalue weighted by molar-refractivity contribution is 5.49. The fourth-order valence-corrected chi connectivity index (χ4v) is 2.38. The summed E-state index contributed by atoms with van der Waals surface area (Å²) in [7, 11) is 0. The van der Waals surface area contributed by atoms with E-state index in [1.165, 1.54) is 0 Å². The predicted octanol–water partition coefficient (Wildman–Crippen LogP) is 3.88. The molecule has 1 fully saturated rings. The molecule has 0 saturated heterocycles. The third-order valence-corrected chi connectivity index (χ3v) is 3.47. The lowest BCUT2D eigenvalue weighted by atomic mass is 9.85. The van der Waals surface area contributed by atoms with Crippen LogP contribution >= 0.6 is 0 Å². The van der Waals surface area contributed by atoms with Crippen molar-refractivity contribution in [1.29, 1.82) is 5.26 Å². The number of nitrogens with one attached hydrogen (secondary N) is 1. The number of hydrogen-bond acceptors (Lipinski definition) is 2. The van der Waals surface area contributed by atoms with Gasteiger partial charge in [0.1, 0.15) is 5.69 Å². The minimum atomic E-state index is -2.19. The van der Waals surface area contributed by atoms with Gasteiger partial charge in [-0.05, 0) is 12.8 Å². The first-order valence-electron chi connectivity index (χ1n) is 6.15. The molecule has 1 N–H and O–H groups in total. The SMILES string of the molecule is N#CC1CCCCC1Nc1c(F)c(F)c(F)c(F)c1F. The zero-order valence-electron chi connectivity index (χ0n) is 10.3. The van der Waals surface area contributed by atoms with E-state index in [1.54, 1.807) is 0 Å². The van der Waals surface area contributed by atoms with Gasteiger partial charge < -0.3 is 5.32 Å². The summed E-state index contributed by atoms with van der Waals surface area (Å²) in [6.45, 7) is 0. The minimum Gasteiger partial charge on any atom is -0.376 e. The number of hydrogen-bond donors (Lipinski definition) is 1. The first-order valence-corrected chi connectivity index (χ1v) is 6.15. The summed E-state index contributed by atoms with van der Waals surface area (Å²) in [6.07, 6.45) is 2.50. The van der Waals surface area contributed by atoms with Crippen LogP contribution in [0.2, 0.25) is 0 Å². The van der Waals surface area contributed by atoms with Gasteiger partial charge in [-0.1, -0.05) is 12.8 Å². The molecule has 0 aliphatic heterocycles. The minimum absolute atomic E-state index is 0.442. The first kappa shape index (κ1) is 14.6. The van der Waals surface area contributed by atoms with E-state index in [-0.39, 0.29) is 0 Å². The van der Waals surface area contributed by atoms with Crippen LogP contribution in [0, 0.1) is 46.3 Å². The molecule has 0 spiro atoms. The molecule has 1 aliphatic rings. The second-order valence-electron chi connectivity index (χ2n) is 4.72. The lowest BCUT2D eigenvalue weighted by molar-refractivity contribution is 0.367. The summed E-state index contributed by atoms with van der Waals surface area (Å²) in [4.78, 5) is 0. The second-order valence-corrected chi connectivity index (χ2v) is 4.72. The van der Waals surface area contributed by atoms with Crippen LogP contribution in [0.15, 0.2) is 0 Å². The zero-order chi connectivity index (χ0) is 14.9. The Kier molecular flexibility index (Phi) is 4.12. The van der Waals surface area contributed by atoms with E-state index in [0.29, 0.717) is 12.8 Å².